The number of carbonyl (C=O) groups excluding carboxylic acids is 1. The van der Waals surface area contributed by atoms with Crippen molar-refractivity contribution in [1.29, 1.82) is 0 Å². The summed E-state index contributed by atoms with van der Waals surface area (Å²) in [5, 5.41) is 4.04. The summed E-state index contributed by atoms with van der Waals surface area (Å²) in [4.78, 5) is 19.2. The lowest BCUT2D eigenvalue weighted by Gasteiger charge is -2.32. The summed E-state index contributed by atoms with van der Waals surface area (Å²) in [6, 6.07) is 6.03. The van der Waals surface area contributed by atoms with Gasteiger partial charge in [-0.2, -0.15) is 4.98 Å². The van der Waals surface area contributed by atoms with Crippen molar-refractivity contribution in [1.82, 2.24) is 15.0 Å². The highest BCUT2D eigenvalue weighted by molar-refractivity contribution is 5.76. The van der Waals surface area contributed by atoms with Crippen molar-refractivity contribution in [2.45, 2.75) is 59.3 Å². The molecular weight excluding hydrogens is 357 g/mol. The van der Waals surface area contributed by atoms with Crippen LogP contribution in [-0.4, -0.2) is 34.0 Å². The third-order valence-electron chi connectivity index (χ3n) is 5.15. The Hall–Kier alpha value is -2.24. The number of aromatic nitrogens is 2. The van der Waals surface area contributed by atoms with Crippen LogP contribution in [0.3, 0.4) is 0 Å². The molecule has 2 atom stereocenters. The summed E-state index contributed by atoms with van der Waals surface area (Å²) in [6.45, 7) is 10.2. The van der Waals surface area contributed by atoms with Crippen LogP contribution in [0.5, 0.6) is 0 Å². The summed E-state index contributed by atoms with van der Waals surface area (Å²) in [5.74, 6) is 1.34. The van der Waals surface area contributed by atoms with Gasteiger partial charge in [-0.05, 0) is 54.9 Å². The van der Waals surface area contributed by atoms with Gasteiger partial charge in [-0.15, -0.1) is 0 Å². The van der Waals surface area contributed by atoms with E-state index in [1.54, 1.807) is 12.1 Å². The Kier molecular flexibility index (Phi) is 6.16. The second-order valence-corrected chi connectivity index (χ2v) is 9.22. The van der Waals surface area contributed by atoms with Crippen molar-refractivity contribution in [3.05, 3.63) is 36.0 Å². The topological polar surface area (TPSA) is 59.2 Å². The monoisotopic (exact) mass is 387 g/mol. The van der Waals surface area contributed by atoms with Crippen LogP contribution in [0.4, 0.5) is 4.39 Å². The van der Waals surface area contributed by atoms with Crippen molar-refractivity contribution in [2.24, 2.45) is 11.3 Å². The summed E-state index contributed by atoms with van der Waals surface area (Å²) in [6.07, 6.45) is 3.46. The first kappa shape index (κ1) is 20.5. The van der Waals surface area contributed by atoms with E-state index in [0.717, 1.165) is 31.4 Å². The molecule has 0 aliphatic carbocycles. The quantitative estimate of drug-likeness (QED) is 0.721. The second-order valence-electron chi connectivity index (χ2n) is 9.22. The first-order valence-electron chi connectivity index (χ1n) is 10.1. The first-order valence-corrected chi connectivity index (χ1v) is 10.1. The number of halogens is 1. The predicted molar refractivity (Wildman–Crippen MR) is 106 cm³/mol. The van der Waals surface area contributed by atoms with E-state index >= 15 is 0 Å². The molecule has 3 rings (SSSR count). The molecule has 0 saturated carbocycles. The predicted octanol–water partition coefficient (Wildman–Crippen LogP) is 5.04. The summed E-state index contributed by atoms with van der Waals surface area (Å²) >= 11 is 0. The molecule has 1 amide bonds. The Morgan fingerprint density at radius 3 is 2.71 bits per heavy atom. The third kappa shape index (κ3) is 5.40. The van der Waals surface area contributed by atoms with Gasteiger partial charge >= 0.3 is 0 Å². The molecular formula is C22H30FN3O2. The summed E-state index contributed by atoms with van der Waals surface area (Å²) in [7, 11) is 0. The normalized spacial score (nSPS) is 18.9. The number of hydrogen-bond donors (Lipinski definition) is 0. The lowest BCUT2D eigenvalue weighted by atomic mass is 9.84. The van der Waals surface area contributed by atoms with Crippen LogP contribution in [-0.2, 0) is 4.79 Å². The largest absolute Gasteiger partial charge is 0.342 e. The molecule has 1 saturated heterocycles. The van der Waals surface area contributed by atoms with Gasteiger partial charge in [-0.3, -0.25) is 4.79 Å². The SMILES string of the molecule is CC(CC(=O)N1CCCC(c2nc(-c3ccc(F)cc3)no2)C1)CC(C)(C)C. The van der Waals surface area contributed by atoms with Crippen LogP contribution in [0.2, 0.25) is 0 Å². The van der Waals surface area contributed by atoms with Crippen LogP contribution in [0.25, 0.3) is 11.4 Å². The smallest absolute Gasteiger partial charge is 0.231 e. The zero-order valence-electron chi connectivity index (χ0n) is 17.2. The number of rotatable bonds is 5. The molecule has 0 N–H and O–H groups in total. The Morgan fingerprint density at radius 1 is 1.32 bits per heavy atom. The fourth-order valence-electron chi connectivity index (χ4n) is 4.07. The lowest BCUT2D eigenvalue weighted by molar-refractivity contribution is -0.133. The number of piperidine rings is 1. The maximum Gasteiger partial charge on any atom is 0.231 e. The molecule has 1 fully saturated rings. The van der Waals surface area contributed by atoms with E-state index in [-0.39, 0.29) is 23.1 Å². The number of benzene rings is 1. The molecule has 6 heteroatoms. The Bertz CT molecular complexity index is 795. The fraction of sp³-hybridized carbons (Fsp3) is 0.591. The maximum atomic E-state index is 13.1. The minimum absolute atomic E-state index is 0.0531. The number of amides is 1. The third-order valence-corrected chi connectivity index (χ3v) is 5.15. The summed E-state index contributed by atoms with van der Waals surface area (Å²) in [5.41, 5.74) is 0.945. The van der Waals surface area contributed by atoms with E-state index in [2.05, 4.69) is 37.8 Å². The molecule has 0 spiro atoms. The molecule has 5 nitrogen and oxygen atoms in total. The average molecular weight is 387 g/mol. The Balaban J connectivity index is 1.62. The van der Waals surface area contributed by atoms with Crippen molar-refractivity contribution in [3.63, 3.8) is 0 Å². The van der Waals surface area contributed by atoms with E-state index in [1.807, 2.05) is 4.90 Å². The van der Waals surface area contributed by atoms with Crippen molar-refractivity contribution in [3.8, 4) is 11.4 Å². The van der Waals surface area contributed by atoms with Crippen LogP contribution in [0.1, 0.15) is 65.2 Å². The number of likely N-dealkylation sites (tertiary alicyclic amines) is 1. The van der Waals surface area contributed by atoms with E-state index in [9.17, 15) is 9.18 Å². The highest BCUT2D eigenvalue weighted by atomic mass is 19.1. The molecule has 1 aromatic carbocycles. The molecule has 1 aliphatic heterocycles. The standard InChI is InChI=1S/C22H30FN3O2/c1-15(13-22(2,3)4)12-19(27)26-11-5-6-17(14-26)21-24-20(25-28-21)16-7-9-18(23)10-8-16/h7-10,15,17H,5-6,11-14H2,1-4H3. The minimum Gasteiger partial charge on any atom is -0.342 e. The molecule has 2 unspecified atom stereocenters. The van der Waals surface area contributed by atoms with Gasteiger partial charge in [0, 0.05) is 25.1 Å². The zero-order chi connectivity index (χ0) is 20.3. The molecule has 28 heavy (non-hydrogen) atoms. The minimum atomic E-state index is -0.297. The zero-order valence-corrected chi connectivity index (χ0v) is 17.2. The molecule has 2 aromatic rings. The van der Waals surface area contributed by atoms with Crippen molar-refractivity contribution >= 4 is 5.91 Å². The highest BCUT2D eigenvalue weighted by Gasteiger charge is 2.29. The fourth-order valence-corrected chi connectivity index (χ4v) is 4.07. The molecule has 0 bridgehead atoms. The van der Waals surface area contributed by atoms with Gasteiger partial charge in [0.05, 0.1) is 5.92 Å². The number of nitrogens with zero attached hydrogens (tertiary/aromatic N) is 3. The second kappa shape index (κ2) is 8.41. The number of carbonyl (C=O) groups is 1. The van der Waals surface area contributed by atoms with E-state index in [4.69, 9.17) is 4.52 Å². The van der Waals surface area contributed by atoms with Crippen molar-refractivity contribution < 1.29 is 13.7 Å². The lowest BCUT2D eigenvalue weighted by Crippen LogP contribution is -2.40. The molecule has 152 valence electrons. The average Bonchev–Trinajstić information content (AvgIpc) is 3.11. The van der Waals surface area contributed by atoms with E-state index in [1.165, 1.54) is 12.1 Å². The number of hydrogen-bond acceptors (Lipinski definition) is 4. The van der Waals surface area contributed by atoms with Gasteiger partial charge in [0.1, 0.15) is 5.82 Å². The van der Waals surface area contributed by atoms with Crippen LogP contribution >= 0.6 is 0 Å². The van der Waals surface area contributed by atoms with E-state index in [0.29, 0.717) is 30.6 Å². The van der Waals surface area contributed by atoms with Gasteiger partial charge in [0.15, 0.2) is 0 Å². The van der Waals surface area contributed by atoms with Gasteiger partial charge in [-0.25, -0.2) is 4.39 Å². The van der Waals surface area contributed by atoms with Gasteiger partial charge < -0.3 is 9.42 Å². The highest BCUT2D eigenvalue weighted by Crippen LogP contribution is 2.30. The van der Waals surface area contributed by atoms with E-state index < -0.39 is 0 Å². The Labute approximate surface area is 166 Å². The van der Waals surface area contributed by atoms with Gasteiger partial charge in [0.25, 0.3) is 0 Å². The van der Waals surface area contributed by atoms with Crippen LogP contribution in [0, 0.1) is 17.2 Å². The molecule has 0 radical (unpaired) electrons. The van der Waals surface area contributed by atoms with Gasteiger partial charge in [0.2, 0.25) is 17.6 Å². The maximum absolute atomic E-state index is 13.1. The molecule has 1 aliphatic rings. The van der Waals surface area contributed by atoms with Crippen LogP contribution in [0.15, 0.2) is 28.8 Å². The van der Waals surface area contributed by atoms with Gasteiger partial charge in [-0.1, -0.05) is 32.9 Å². The molecule has 1 aromatic heterocycles. The Morgan fingerprint density at radius 2 is 2.04 bits per heavy atom. The first-order chi connectivity index (χ1) is 13.2. The molecule has 2 heterocycles. The summed E-state index contributed by atoms with van der Waals surface area (Å²) < 4.78 is 18.6. The van der Waals surface area contributed by atoms with Crippen molar-refractivity contribution in [2.75, 3.05) is 13.1 Å². The van der Waals surface area contributed by atoms with Crippen LogP contribution < -0.4 is 0 Å².